The van der Waals surface area contributed by atoms with E-state index < -0.39 is 0 Å². The van der Waals surface area contributed by atoms with Gasteiger partial charge in [0, 0.05) is 17.4 Å². The van der Waals surface area contributed by atoms with Crippen molar-refractivity contribution in [1.82, 2.24) is 4.98 Å². The summed E-state index contributed by atoms with van der Waals surface area (Å²) in [7, 11) is -0.203. The maximum atomic E-state index is 5.21. The van der Waals surface area contributed by atoms with E-state index in [0.717, 1.165) is 11.9 Å². The highest BCUT2D eigenvalue weighted by Gasteiger charge is 2.34. The molecule has 0 radical (unpaired) electrons. The Hall–Kier alpha value is -1.20. The van der Waals surface area contributed by atoms with E-state index >= 15 is 0 Å². The molecule has 0 fully saturated rings. The van der Waals surface area contributed by atoms with Crippen molar-refractivity contribution in [3.05, 3.63) is 53.2 Å². The molecule has 0 amide bonds. The van der Waals surface area contributed by atoms with E-state index in [2.05, 4.69) is 106 Å². The van der Waals surface area contributed by atoms with Gasteiger partial charge in [0.15, 0.2) is 0 Å². The quantitative estimate of drug-likeness (QED) is 0.460. The molecule has 154 valence electrons. The first-order valence-corrected chi connectivity index (χ1v) is 12.2. The van der Waals surface area contributed by atoms with Gasteiger partial charge in [0.1, 0.15) is 0 Å². The molecule has 0 saturated heterocycles. The van der Waals surface area contributed by atoms with Crippen LogP contribution in [0.3, 0.4) is 0 Å². The average molecular weight is 398 g/mol. The van der Waals surface area contributed by atoms with E-state index in [9.17, 15) is 0 Å². The third-order valence-electron chi connectivity index (χ3n) is 5.38. The monoisotopic (exact) mass is 397 g/mol. The fourth-order valence-electron chi connectivity index (χ4n) is 4.20. The lowest BCUT2D eigenvalue weighted by Gasteiger charge is -2.41. The van der Waals surface area contributed by atoms with Crippen LogP contribution in [0.25, 0.3) is 11.3 Å². The molecule has 0 aliphatic carbocycles. The lowest BCUT2D eigenvalue weighted by atomic mass is 9.87. The van der Waals surface area contributed by atoms with Gasteiger partial charge in [-0.2, -0.15) is 0 Å². The molecule has 2 heteroatoms. The van der Waals surface area contributed by atoms with E-state index in [1.165, 1.54) is 22.4 Å². The van der Waals surface area contributed by atoms with Gasteiger partial charge in [-0.1, -0.05) is 101 Å². The second-order valence-corrected chi connectivity index (χ2v) is 14.4. The first kappa shape index (κ1) is 23.1. The van der Waals surface area contributed by atoms with Crippen LogP contribution in [0.15, 0.2) is 36.4 Å². The van der Waals surface area contributed by atoms with Crippen LogP contribution in [0.5, 0.6) is 0 Å². The van der Waals surface area contributed by atoms with Crippen molar-refractivity contribution in [3.8, 4) is 11.3 Å². The molecular formula is C26H40NP. The zero-order valence-electron chi connectivity index (χ0n) is 19.7. The Morgan fingerprint density at radius 1 is 0.750 bits per heavy atom. The number of hydrogen-bond donors (Lipinski definition) is 0. The number of rotatable bonds is 5. The molecule has 0 atom stereocenters. The van der Waals surface area contributed by atoms with E-state index in [4.69, 9.17) is 4.98 Å². The van der Waals surface area contributed by atoms with Gasteiger partial charge < -0.3 is 0 Å². The van der Waals surface area contributed by atoms with E-state index in [0.29, 0.717) is 22.1 Å². The largest absolute Gasteiger partial charge is 0.252 e. The van der Waals surface area contributed by atoms with Gasteiger partial charge in [-0.05, 0) is 45.4 Å². The minimum atomic E-state index is -0.203. The third-order valence-corrected chi connectivity index (χ3v) is 9.25. The predicted molar refractivity (Wildman–Crippen MR) is 128 cm³/mol. The van der Waals surface area contributed by atoms with Crippen LogP contribution in [-0.4, -0.2) is 15.3 Å². The second-order valence-electron chi connectivity index (χ2n) is 10.6. The Morgan fingerprint density at radius 3 is 1.64 bits per heavy atom. The molecule has 0 aliphatic heterocycles. The Balaban J connectivity index is 2.55. The molecule has 1 heterocycles. The molecule has 2 rings (SSSR count). The molecule has 0 bridgehead atoms. The fourth-order valence-corrected chi connectivity index (χ4v) is 7.66. The van der Waals surface area contributed by atoms with Crippen molar-refractivity contribution < 1.29 is 0 Å². The molecule has 1 aromatic carbocycles. The highest BCUT2D eigenvalue weighted by Crippen LogP contribution is 2.61. The van der Waals surface area contributed by atoms with Gasteiger partial charge in [0.25, 0.3) is 0 Å². The summed E-state index contributed by atoms with van der Waals surface area (Å²) in [6.45, 7) is 23.5. The molecule has 0 spiro atoms. The van der Waals surface area contributed by atoms with Gasteiger partial charge in [0.05, 0.1) is 5.69 Å². The smallest absolute Gasteiger partial charge is 0.0711 e. The summed E-state index contributed by atoms with van der Waals surface area (Å²) in [6, 6.07) is 13.4. The fraction of sp³-hybridized carbons (Fsp3) is 0.577. The van der Waals surface area contributed by atoms with Gasteiger partial charge >= 0.3 is 0 Å². The summed E-state index contributed by atoms with van der Waals surface area (Å²) >= 11 is 0. The molecule has 1 aromatic heterocycles. The van der Waals surface area contributed by atoms with Crippen molar-refractivity contribution in [2.45, 2.75) is 97.5 Å². The average Bonchev–Trinajstić information content (AvgIpc) is 2.57. The Labute approximate surface area is 175 Å². The summed E-state index contributed by atoms with van der Waals surface area (Å²) in [5.74, 6) is 0.973. The van der Waals surface area contributed by atoms with Crippen LogP contribution in [0, 0.1) is 0 Å². The van der Waals surface area contributed by atoms with Crippen molar-refractivity contribution in [1.29, 1.82) is 0 Å². The summed E-state index contributed by atoms with van der Waals surface area (Å²) < 4.78 is 0. The maximum absolute atomic E-state index is 5.21. The van der Waals surface area contributed by atoms with Crippen LogP contribution in [0.2, 0.25) is 0 Å². The van der Waals surface area contributed by atoms with Crippen LogP contribution >= 0.6 is 7.92 Å². The van der Waals surface area contributed by atoms with Crippen molar-refractivity contribution in [2.24, 2.45) is 0 Å². The van der Waals surface area contributed by atoms with E-state index in [1.807, 2.05) is 0 Å². The molecule has 1 nitrogen and oxygen atoms in total. The lowest BCUT2D eigenvalue weighted by molar-refractivity contribution is 0.701. The van der Waals surface area contributed by atoms with Crippen LogP contribution < -0.4 is 0 Å². The van der Waals surface area contributed by atoms with E-state index in [-0.39, 0.29) is 7.92 Å². The van der Waals surface area contributed by atoms with Gasteiger partial charge in [-0.3, -0.25) is 4.98 Å². The van der Waals surface area contributed by atoms with Crippen LogP contribution in [0.4, 0.5) is 0 Å². The summed E-state index contributed by atoms with van der Waals surface area (Å²) in [5.41, 5.74) is 6.55. The third kappa shape index (κ3) is 5.44. The number of pyridine rings is 1. The highest BCUT2D eigenvalue weighted by atomic mass is 31.1. The molecule has 28 heavy (non-hydrogen) atoms. The maximum Gasteiger partial charge on any atom is 0.0711 e. The first-order valence-electron chi connectivity index (χ1n) is 10.7. The minimum absolute atomic E-state index is 0.203. The standard InChI is InChI=1S/C26H40NP/c1-18(2)21-14-12-15-22(19(3)4)24(21)23-16-11-13-20(27-23)17-28(25(5,6)7)26(8,9)10/h11-16,18-19H,17H2,1-10H3. The van der Waals surface area contributed by atoms with E-state index in [1.54, 1.807) is 0 Å². The Morgan fingerprint density at radius 2 is 1.21 bits per heavy atom. The Bertz CT molecular complexity index is 751. The number of aromatic nitrogens is 1. The molecule has 0 aliphatic rings. The zero-order valence-corrected chi connectivity index (χ0v) is 20.6. The zero-order chi connectivity index (χ0) is 21.3. The number of benzene rings is 1. The van der Waals surface area contributed by atoms with Gasteiger partial charge in [0.2, 0.25) is 0 Å². The molecule has 0 saturated carbocycles. The van der Waals surface area contributed by atoms with Crippen molar-refractivity contribution in [2.75, 3.05) is 0 Å². The predicted octanol–water partition coefficient (Wildman–Crippen LogP) is 8.57. The molecular weight excluding hydrogens is 357 g/mol. The molecule has 2 aromatic rings. The highest BCUT2D eigenvalue weighted by molar-refractivity contribution is 7.60. The molecule has 0 unspecified atom stereocenters. The summed E-state index contributed by atoms with van der Waals surface area (Å²) in [5, 5.41) is 0.619. The summed E-state index contributed by atoms with van der Waals surface area (Å²) in [6.07, 6.45) is 1.08. The van der Waals surface area contributed by atoms with Crippen molar-refractivity contribution >= 4 is 7.92 Å². The number of hydrogen-bond acceptors (Lipinski definition) is 1. The minimum Gasteiger partial charge on any atom is -0.252 e. The summed E-state index contributed by atoms with van der Waals surface area (Å²) in [4.78, 5) is 5.21. The van der Waals surface area contributed by atoms with Crippen molar-refractivity contribution in [3.63, 3.8) is 0 Å². The lowest BCUT2D eigenvalue weighted by Crippen LogP contribution is -2.26. The number of nitrogens with zero attached hydrogens (tertiary/aromatic N) is 1. The van der Waals surface area contributed by atoms with Crippen LogP contribution in [0.1, 0.15) is 97.9 Å². The second kappa shape index (κ2) is 8.66. The Kier molecular flexibility index (Phi) is 7.14. The molecule has 0 N–H and O–H groups in total. The topological polar surface area (TPSA) is 12.9 Å². The van der Waals surface area contributed by atoms with Crippen LogP contribution in [-0.2, 0) is 6.16 Å². The SMILES string of the molecule is CC(C)c1cccc(C(C)C)c1-c1cccc(CP(C(C)(C)C)C(C)(C)C)n1. The van der Waals surface area contributed by atoms with Gasteiger partial charge in [-0.25, -0.2) is 0 Å². The van der Waals surface area contributed by atoms with Gasteiger partial charge in [-0.15, -0.1) is 0 Å². The first-order chi connectivity index (χ1) is 12.8. The normalized spacial score (nSPS) is 13.0.